The summed E-state index contributed by atoms with van der Waals surface area (Å²) in [5.41, 5.74) is 1.50. The molecule has 0 bridgehead atoms. The van der Waals surface area contributed by atoms with Crippen molar-refractivity contribution < 1.29 is 18.0 Å². The van der Waals surface area contributed by atoms with E-state index in [9.17, 15) is 18.0 Å². The Morgan fingerprint density at radius 1 is 0.897 bits per heavy atom. The van der Waals surface area contributed by atoms with Crippen LogP contribution in [0.5, 0.6) is 0 Å². The highest BCUT2D eigenvalue weighted by Gasteiger charge is 2.34. The molecule has 3 rings (SSSR count). The molecular weight excluding hydrogens is 604 g/mol. The predicted molar refractivity (Wildman–Crippen MR) is 157 cm³/mol. The van der Waals surface area contributed by atoms with Crippen molar-refractivity contribution in [3.63, 3.8) is 0 Å². The predicted octanol–water partition coefficient (Wildman–Crippen LogP) is 6.36. The Kier molecular flexibility index (Phi) is 10.5. The van der Waals surface area contributed by atoms with E-state index in [-0.39, 0.29) is 33.6 Å². The zero-order chi connectivity index (χ0) is 28.9. The molecule has 0 heterocycles. The summed E-state index contributed by atoms with van der Waals surface area (Å²) in [5, 5.41) is 3.66. The Bertz CT molecular complexity index is 1450. The van der Waals surface area contributed by atoms with Crippen molar-refractivity contribution in [1.29, 1.82) is 0 Å². The summed E-state index contributed by atoms with van der Waals surface area (Å²) >= 11 is 24.8. The third-order valence-corrected chi connectivity index (χ3v) is 8.82. The summed E-state index contributed by atoms with van der Waals surface area (Å²) in [6, 6.07) is 14.4. The summed E-state index contributed by atoms with van der Waals surface area (Å²) in [5.74, 6) is -1.04. The number of hydrogen-bond donors (Lipinski definition) is 1. The summed E-state index contributed by atoms with van der Waals surface area (Å²) in [7, 11) is -2.79. The van der Waals surface area contributed by atoms with Gasteiger partial charge in [-0.3, -0.25) is 13.9 Å². The van der Waals surface area contributed by atoms with E-state index in [0.717, 1.165) is 9.87 Å². The van der Waals surface area contributed by atoms with Gasteiger partial charge in [0.05, 0.1) is 10.6 Å². The zero-order valence-corrected chi connectivity index (χ0v) is 25.3. The number of aryl methyl sites for hydroxylation is 1. The lowest BCUT2D eigenvalue weighted by atomic mass is 10.1. The van der Waals surface area contributed by atoms with E-state index in [4.69, 9.17) is 46.4 Å². The van der Waals surface area contributed by atoms with Gasteiger partial charge in [0.2, 0.25) is 11.8 Å². The maximum absolute atomic E-state index is 13.9. The normalized spacial score (nSPS) is 12.1. The van der Waals surface area contributed by atoms with Crippen LogP contribution in [0.2, 0.25) is 20.1 Å². The zero-order valence-electron chi connectivity index (χ0n) is 21.4. The number of sulfonamides is 1. The topological polar surface area (TPSA) is 86.8 Å². The van der Waals surface area contributed by atoms with Crippen molar-refractivity contribution in [3.8, 4) is 0 Å². The van der Waals surface area contributed by atoms with Crippen LogP contribution in [0.3, 0.4) is 0 Å². The van der Waals surface area contributed by atoms with Gasteiger partial charge < -0.3 is 10.2 Å². The Labute approximate surface area is 248 Å². The Morgan fingerprint density at radius 3 is 2.05 bits per heavy atom. The molecule has 1 atom stereocenters. The minimum atomic E-state index is -4.25. The number of anilines is 1. The number of benzene rings is 3. The lowest BCUT2D eigenvalue weighted by Crippen LogP contribution is -2.51. The number of halogens is 4. The first kappa shape index (κ1) is 31.0. The fraction of sp³-hybridized carbons (Fsp3) is 0.259. The molecule has 1 N–H and O–H groups in total. The van der Waals surface area contributed by atoms with Crippen molar-refractivity contribution >= 4 is 73.9 Å². The van der Waals surface area contributed by atoms with Crippen molar-refractivity contribution in [2.24, 2.45) is 0 Å². The number of nitrogens with one attached hydrogen (secondary N) is 1. The number of nitrogens with zero attached hydrogens (tertiary/aromatic N) is 2. The largest absolute Gasteiger partial charge is 0.357 e. The van der Waals surface area contributed by atoms with E-state index in [1.54, 1.807) is 31.2 Å². The molecule has 0 fully saturated rings. The second kappa shape index (κ2) is 13.2. The molecule has 0 unspecified atom stereocenters. The minimum absolute atomic E-state index is 0.0253. The summed E-state index contributed by atoms with van der Waals surface area (Å²) < 4.78 is 28.7. The molecule has 0 saturated heterocycles. The lowest BCUT2D eigenvalue weighted by Gasteiger charge is -2.33. The molecule has 12 heteroatoms. The first-order valence-electron chi connectivity index (χ1n) is 11.9. The number of likely N-dealkylation sites (N-methyl/N-ethyl adjacent to an activating group) is 1. The molecule has 0 radical (unpaired) electrons. The van der Waals surface area contributed by atoms with Gasteiger partial charge in [-0.25, -0.2) is 8.42 Å². The third kappa shape index (κ3) is 7.58. The van der Waals surface area contributed by atoms with Gasteiger partial charge in [0.15, 0.2) is 0 Å². The lowest BCUT2D eigenvalue weighted by molar-refractivity contribution is -0.140. The molecular formula is C27H27Cl4N3O4S. The molecule has 0 saturated carbocycles. The van der Waals surface area contributed by atoms with E-state index in [2.05, 4.69) is 5.32 Å². The van der Waals surface area contributed by atoms with Crippen LogP contribution in [0.15, 0.2) is 65.6 Å². The average molecular weight is 631 g/mol. The first-order chi connectivity index (χ1) is 18.4. The van der Waals surface area contributed by atoms with Crippen LogP contribution in [0.1, 0.15) is 24.5 Å². The van der Waals surface area contributed by atoms with Gasteiger partial charge in [0.25, 0.3) is 10.0 Å². The number of carbonyl (C=O) groups is 2. The SMILES string of the molecule is CC[C@@H](C(=O)NC)N(Cc1ccc(Cl)cc1Cl)C(=O)CN(c1cc(Cl)cc(Cl)c1)S(=O)(=O)c1ccc(C)cc1. The van der Waals surface area contributed by atoms with Gasteiger partial charge in [-0.2, -0.15) is 0 Å². The second-order valence-electron chi connectivity index (χ2n) is 8.75. The molecule has 2 amide bonds. The number of amides is 2. The van der Waals surface area contributed by atoms with E-state index in [1.807, 2.05) is 6.92 Å². The Balaban J connectivity index is 2.11. The molecule has 0 aliphatic carbocycles. The van der Waals surface area contributed by atoms with Crippen LogP contribution in [0, 0.1) is 6.92 Å². The number of rotatable bonds is 10. The fourth-order valence-corrected chi connectivity index (χ4v) is 6.35. The van der Waals surface area contributed by atoms with Crippen molar-refractivity contribution in [3.05, 3.63) is 91.9 Å². The summed E-state index contributed by atoms with van der Waals surface area (Å²) in [4.78, 5) is 28.0. The van der Waals surface area contributed by atoms with Crippen molar-refractivity contribution in [1.82, 2.24) is 10.2 Å². The molecule has 39 heavy (non-hydrogen) atoms. The first-order valence-corrected chi connectivity index (χ1v) is 14.8. The van der Waals surface area contributed by atoms with Gasteiger partial charge in [-0.05, 0) is 61.4 Å². The Morgan fingerprint density at radius 2 is 1.51 bits per heavy atom. The van der Waals surface area contributed by atoms with Crippen LogP contribution in [-0.2, 0) is 26.2 Å². The molecule has 3 aromatic rings. The van der Waals surface area contributed by atoms with E-state index >= 15 is 0 Å². The van der Waals surface area contributed by atoms with Gasteiger partial charge in [0, 0.05) is 33.7 Å². The molecule has 0 aliphatic heterocycles. The molecule has 3 aromatic carbocycles. The highest BCUT2D eigenvalue weighted by Crippen LogP contribution is 2.31. The minimum Gasteiger partial charge on any atom is -0.357 e. The second-order valence-corrected chi connectivity index (χ2v) is 12.3. The molecule has 7 nitrogen and oxygen atoms in total. The van der Waals surface area contributed by atoms with Crippen LogP contribution in [-0.4, -0.2) is 44.8 Å². The highest BCUT2D eigenvalue weighted by molar-refractivity contribution is 7.92. The standard InChI is InChI=1S/C27H27Cl4N3O4S/c1-4-25(27(36)32-3)33(15-18-7-8-19(28)14-24(18)31)26(35)16-34(22-12-20(29)11-21(30)13-22)39(37,38)23-9-5-17(2)6-10-23/h5-14,25H,4,15-16H2,1-3H3,(H,32,36)/t25-/m0/s1. The smallest absolute Gasteiger partial charge is 0.264 e. The van der Waals surface area contributed by atoms with Crippen LogP contribution >= 0.6 is 46.4 Å². The van der Waals surface area contributed by atoms with E-state index in [0.29, 0.717) is 15.6 Å². The van der Waals surface area contributed by atoms with E-state index in [1.165, 1.54) is 48.3 Å². The molecule has 0 spiro atoms. The van der Waals surface area contributed by atoms with Gasteiger partial charge in [-0.1, -0.05) is 77.1 Å². The fourth-order valence-electron chi connectivity index (χ4n) is 3.97. The van der Waals surface area contributed by atoms with Crippen molar-refractivity contribution in [2.45, 2.75) is 37.8 Å². The highest BCUT2D eigenvalue weighted by atomic mass is 35.5. The average Bonchev–Trinajstić information content (AvgIpc) is 2.87. The maximum atomic E-state index is 13.9. The van der Waals surface area contributed by atoms with Crippen LogP contribution in [0.25, 0.3) is 0 Å². The Hall–Kier alpha value is -2.49. The molecule has 0 aromatic heterocycles. The van der Waals surface area contributed by atoms with Crippen LogP contribution < -0.4 is 9.62 Å². The number of hydrogen-bond acceptors (Lipinski definition) is 4. The van der Waals surface area contributed by atoms with Gasteiger partial charge in [-0.15, -0.1) is 0 Å². The molecule has 0 aliphatic rings. The van der Waals surface area contributed by atoms with E-state index < -0.39 is 34.4 Å². The number of carbonyl (C=O) groups excluding carboxylic acids is 2. The van der Waals surface area contributed by atoms with Crippen molar-refractivity contribution in [2.75, 3.05) is 17.9 Å². The summed E-state index contributed by atoms with van der Waals surface area (Å²) in [6.07, 6.45) is 0.268. The summed E-state index contributed by atoms with van der Waals surface area (Å²) in [6.45, 7) is 2.89. The third-order valence-electron chi connectivity index (χ3n) is 6.01. The quantitative estimate of drug-likeness (QED) is 0.283. The monoisotopic (exact) mass is 629 g/mol. The van der Waals surface area contributed by atoms with Gasteiger partial charge >= 0.3 is 0 Å². The molecule has 208 valence electrons. The van der Waals surface area contributed by atoms with Gasteiger partial charge in [0.1, 0.15) is 12.6 Å². The van der Waals surface area contributed by atoms with Crippen LogP contribution in [0.4, 0.5) is 5.69 Å². The maximum Gasteiger partial charge on any atom is 0.264 e.